The third kappa shape index (κ3) is 4.05. The lowest BCUT2D eigenvalue weighted by Gasteiger charge is -2.14. The molecule has 0 spiro atoms. The first-order chi connectivity index (χ1) is 10.9. The van der Waals surface area contributed by atoms with Crippen LogP contribution in [0.1, 0.15) is 26.7 Å². The Kier molecular flexibility index (Phi) is 5.68. The van der Waals surface area contributed by atoms with Gasteiger partial charge in [0.05, 0.1) is 24.0 Å². The molecule has 0 aromatic heterocycles. The normalized spacial score (nSPS) is 21.0. The summed E-state index contributed by atoms with van der Waals surface area (Å²) in [7, 11) is 0. The molecule has 1 aromatic carbocycles. The van der Waals surface area contributed by atoms with Gasteiger partial charge in [-0.3, -0.25) is 4.79 Å². The van der Waals surface area contributed by atoms with Crippen molar-refractivity contribution in [2.75, 3.05) is 24.7 Å². The number of hydrogen-bond donors (Lipinski definition) is 2. The van der Waals surface area contributed by atoms with E-state index in [0.717, 1.165) is 0 Å². The number of para-hydroxylation sites is 1. The standard InChI is InChI=1S/C16H23N3O4/c1-13(2)23-12-6-10-17-15(20)16(21)9-11-18(19(16)22)14-7-4-3-5-8-14/h3-5,7-8,13,21H,6,9-12H2,1-2H3/p+1. The average molecular weight is 322 g/mol. The summed E-state index contributed by atoms with van der Waals surface area (Å²) >= 11 is 0. The van der Waals surface area contributed by atoms with Crippen molar-refractivity contribution in [3.63, 3.8) is 0 Å². The van der Waals surface area contributed by atoms with Crippen LogP contribution >= 0.6 is 0 Å². The molecule has 0 saturated carbocycles. The molecule has 1 saturated heterocycles. The zero-order chi connectivity index (χ0) is 16.9. The van der Waals surface area contributed by atoms with Crippen molar-refractivity contribution in [1.29, 1.82) is 0 Å². The highest BCUT2D eigenvalue weighted by atomic mass is 16.5. The molecule has 23 heavy (non-hydrogen) atoms. The molecule has 0 bridgehead atoms. The molecule has 1 fully saturated rings. The molecular formula is C16H24N3O4+. The number of ether oxygens (including phenoxy) is 1. The van der Waals surface area contributed by atoms with Gasteiger partial charge in [-0.15, -0.1) is 5.01 Å². The van der Waals surface area contributed by atoms with Gasteiger partial charge < -0.3 is 15.2 Å². The number of nitroso groups, excluding NO2 is 1. The van der Waals surface area contributed by atoms with Crippen LogP contribution in [-0.2, 0) is 9.53 Å². The van der Waals surface area contributed by atoms with Gasteiger partial charge in [0.25, 0.3) is 0 Å². The lowest BCUT2D eigenvalue weighted by atomic mass is 10.1. The summed E-state index contributed by atoms with van der Waals surface area (Å²) in [4.78, 5) is 24.9. The van der Waals surface area contributed by atoms with E-state index in [4.69, 9.17) is 4.74 Å². The molecule has 1 unspecified atom stereocenters. The minimum Gasteiger partial charge on any atom is -0.379 e. The minimum atomic E-state index is -2.06. The number of anilines is 1. The van der Waals surface area contributed by atoms with Crippen LogP contribution in [-0.4, -0.2) is 47.4 Å². The summed E-state index contributed by atoms with van der Waals surface area (Å²) in [6, 6.07) is 8.97. The van der Waals surface area contributed by atoms with E-state index >= 15 is 0 Å². The van der Waals surface area contributed by atoms with Crippen LogP contribution in [0.15, 0.2) is 30.3 Å². The van der Waals surface area contributed by atoms with E-state index in [0.29, 0.717) is 30.1 Å². The van der Waals surface area contributed by atoms with Gasteiger partial charge in [-0.2, -0.15) is 0 Å². The van der Waals surface area contributed by atoms with Crippen LogP contribution in [0, 0.1) is 4.91 Å². The van der Waals surface area contributed by atoms with Gasteiger partial charge in [0.1, 0.15) is 5.69 Å². The van der Waals surface area contributed by atoms with Crippen LogP contribution < -0.4 is 10.3 Å². The Morgan fingerprint density at radius 3 is 2.78 bits per heavy atom. The fraction of sp³-hybridized carbons (Fsp3) is 0.562. The lowest BCUT2D eigenvalue weighted by molar-refractivity contribution is -0.646. The Hall–Kier alpha value is -1.99. The molecule has 1 amide bonds. The molecule has 2 rings (SSSR count). The van der Waals surface area contributed by atoms with Crippen molar-refractivity contribution < 1.29 is 19.5 Å². The summed E-state index contributed by atoms with van der Waals surface area (Å²) in [6.45, 7) is 5.04. The van der Waals surface area contributed by atoms with Gasteiger partial charge in [-0.25, -0.2) is 0 Å². The molecular weight excluding hydrogens is 298 g/mol. The molecule has 0 radical (unpaired) electrons. The summed E-state index contributed by atoms with van der Waals surface area (Å²) < 4.78 is 5.38. The second-order valence-corrected chi connectivity index (χ2v) is 5.83. The largest absolute Gasteiger partial charge is 0.424 e. The van der Waals surface area contributed by atoms with Gasteiger partial charge in [-0.05, 0) is 32.4 Å². The topological polar surface area (TPSA) is 81.9 Å². The number of benzene rings is 1. The van der Waals surface area contributed by atoms with Crippen molar-refractivity contribution in [1.82, 2.24) is 5.32 Å². The van der Waals surface area contributed by atoms with Gasteiger partial charge >= 0.3 is 11.6 Å². The molecule has 126 valence electrons. The van der Waals surface area contributed by atoms with E-state index in [1.165, 1.54) is 5.01 Å². The van der Waals surface area contributed by atoms with E-state index in [-0.39, 0.29) is 19.1 Å². The molecule has 7 nitrogen and oxygen atoms in total. The first kappa shape index (κ1) is 17.4. The number of amides is 1. The predicted molar refractivity (Wildman–Crippen MR) is 85.7 cm³/mol. The van der Waals surface area contributed by atoms with Gasteiger partial charge in [0.2, 0.25) is 0 Å². The highest BCUT2D eigenvalue weighted by molar-refractivity contribution is 5.83. The SMILES string of the molecule is CC(C)OCCCNC(=O)C1(O)CCN(c2ccccc2)[N+]1=O. The van der Waals surface area contributed by atoms with E-state index in [2.05, 4.69) is 5.32 Å². The third-order valence-electron chi connectivity index (χ3n) is 3.68. The predicted octanol–water partition coefficient (Wildman–Crippen LogP) is 1.21. The fourth-order valence-corrected chi connectivity index (χ4v) is 2.42. The van der Waals surface area contributed by atoms with Gasteiger partial charge in [0.15, 0.2) is 4.87 Å². The number of nitrogens with zero attached hydrogens (tertiary/aromatic N) is 2. The highest BCUT2D eigenvalue weighted by Crippen LogP contribution is 2.27. The number of hydrazine groups is 1. The van der Waals surface area contributed by atoms with Crippen LogP contribution in [0.2, 0.25) is 0 Å². The van der Waals surface area contributed by atoms with Crippen LogP contribution in [0.3, 0.4) is 0 Å². The maximum Gasteiger partial charge on any atom is 0.424 e. The number of aliphatic hydroxyl groups is 1. The Bertz CT molecular complexity index is 550. The third-order valence-corrected chi connectivity index (χ3v) is 3.68. The van der Waals surface area contributed by atoms with Crippen LogP contribution in [0.5, 0.6) is 0 Å². The number of carbonyl (C=O) groups excluding carboxylic acids is 1. The molecule has 7 heteroatoms. The van der Waals surface area contributed by atoms with Crippen LogP contribution in [0.4, 0.5) is 5.69 Å². The smallest absolute Gasteiger partial charge is 0.379 e. The second kappa shape index (κ2) is 7.52. The Labute approximate surface area is 135 Å². The fourth-order valence-electron chi connectivity index (χ4n) is 2.42. The Morgan fingerprint density at radius 1 is 1.43 bits per heavy atom. The first-order valence-electron chi connectivity index (χ1n) is 7.87. The van der Waals surface area contributed by atoms with Crippen LogP contribution in [0.25, 0.3) is 0 Å². The second-order valence-electron chi connectivity index (χ2n) is 5.83. The molecule has 1 atom stereocenters. The molecule has 1 heterocycles. The number of carbonyl (C=O) groups is 1. The van der Waals surface area contributed by atoms with Crippen molar-refractivity contribution >= 4 is 11.6 Å². The number of rotatable bonds is 7. The van der Waals surface area contributed by atoms with E-state index in [1.54, 1.807) is 24.3 Å². The Balaban J connectivity index is 1.89. The average Bonchev–Trinajstić information content (AvgIpc) is 2.84. The van der Waals surface area contributed by atoms with E-state index < -0.39 is 11.6 Å². The summed E-state index contributed by atoms with van der Waals surface area (Å²) in [5.41, 5.74) is -1.41. The van der Waals surface area contributed by atoms with Crippen molar-refractivity contribution in [2.24, 2.45) is 0 Å². The maximum atomic E-state index is 12.4. The van der Waals surface area contributed by atoms with Crippen molar-refractivity contribution in [2.45, 2.75) is 38.5 Å². The monoisotopic (exact) mass is 322 g/mol. The molecule has 0 aliphatic carbocycles. The van der Waals surface area contributed by atoms with Gasteiger partial charge in [-0.1, -0.05) is 18.2 Å². The maximum absolute atomic E-state index is 12.4. The summed E-state index contributed by atoms with van der Waals surface area (Å²) in [5.74, 6) is -0.671. The number of nitrogens with one attached hydrogen (secondary N) is 1. The lowest BCUT2D eigenvalue weighted by Crippen LogP contribution is -2.53. The van der Waals surface area contributed by atoms with Crippen molar-refractivity contribution in [3.05, 3.63) is 35.2 Å². The molecule has 1 aliphatic rings. The molecule has 1 aliphatic heterocycles. The minimum absolute atomic E-state index is 0.0553. The molecule has 2 N–H and O–H groups in total. The van der Waals surface area contributed by atoms with E-state index in [1.807, 2.05) is 19.9 Å². The van der Waals surface area contributed by atoms with E-state index in [9.17, 15) is 14.8 Å². The highest BCUT2D eigenvalue weighted by Gasteiger charge is 2.61. The summed E-state index contributed by atoms with van der Waals surface area (Å²) in [6.07, 6.45) is 0.822. The molecule has 1 aromatic rings. The zero-order valence-corrected chi connectivity index (χ0v) is 13.6. The zero-order valence-electron chi connectivity index (χ0n) is 13.6. The summed E-state index contributed by atoms with van der Waals surface area (Å²) in [5, 5.41) is 14.4. The number of hydrogen-bond acceptors (Lipinski definition) is 4. The quantitative estimate of drug-likeness (QED) is 0.582. The Morgan fingerprint density at radius 2 is 2.13 bits per heavy atom. The van der Waals surface area contributed by atoms with Crippen molar-refractivity contribution in [3.8, 4) is 0 Å². The van der Waals surface area contributed by atoms with Gasteiger partial charge in [0, 0.05) is 13.2 Å². The first-order valence-corrected chi connectivity index (χ1v) is 7.87.